The van der Waals surface area contributed by atoms with Crippen LogP contribution in [0.4, 0.5) is 0 Å². The molecule has 0 bridgehead atoms. The molecule has 0 amide bonds. The van der Waals surface area contributed by atoms with E-state index in [1.165, 1.54) is 0 Å². The van der Waals surface area contributed by atoms with Crippen LogP contribution in [0.15, 0.2) is 42.2 Å². The number of benzene rings is 1. The maximum atomic E-state index is 9.42. The van der Waals surface area contributed by atoms with Crippen molar-refractivity contribution in [2.45, 2.75) is 32.2 Å². The van der Waals surface area contributed by atoms with Gasteiger partial charge in [-0.1, -0.05) is 30.3 Å². The monoisotopic (exact) mass is 278 g/mol. The molecule has 1 heterocycles. The number of rotatable bonds is 6. The van der Waals surface area contributed by atoms with Crippen LogP contribution in [-0.4, -0.2) is 30.9 Å². The summed E-state index contributed by atoms with van der Waals surface area (Å²) in [5, 5.41) is 9.42. The van der Waals surface area contributed by atoms with Crippen molar-refractivity contribution < 1.29 is 19.3 Å². The highest BCUT2D eigenvalue weighted by Crippen LogP contribution is 2.38. The van der Waals surface area contributed by atoms with Gasteiger partial charge in [-0.2, -0.15) is 0 Å². The van der Waals surface area contributed by atoms with Crippen molar-refractivity contribution >= 4 is 0 Å². The maximum Gasteiger partial charge on any atom is 0.327 e. The van der Waals surface area contributed by atoms with Crippen molar-refractivity contribution in [3.8, 4) is 0 Å². The van der Waals surface area contributed by atoms with Gasteiger partial charge in [-0.05, 0) is 25.5 Å². The first-order chi connectivity index (χ1) is 9.73. The average Bonchev–Trinajstić information content (AvgIpc) is 2.48. The molecule has 4 heteroatoms. The number of aliphatic hydroxyl groups is 1. The van der Waals surface area contributed by atoms with Gasteiger partial charge >= 0.3 is 5.97 Å². The Kier molecular flexibility index (Phi) is 5.17. The van der Waals surface area contributed by atoms with Crippen LogP contribution >= 0.6 is 0 Å². The van der Waals surface area contributed by atoms with Gasteiger partial charge in [0.2, 0.25) is 0 Å². The largest absolute Gasteiger partial charge is 0.441 e. The van der Waals surface area contributed by atoms with E-state index in [1.54, 1.807) is 0 Å². The predicted molar refractivity (Wildman–Crippen MR) is 76.0 cm³/mol. The summed E-state index contributed by atoms with van der Waals surface area (Å²) >= 11 is 0. The van der Waals surface area contributed by atoms with E-state index in [0.717, 1.165) is 5.56 Å². The number of hydrogen-bond donors (Lipinski definition) is 1. The summed E-state index contributed by atoms with van der Waals surface area (Å²) < 4.78 is 17.1. The van der Waals surface area contributed by atoms with Crippen LogP contribution in [0.25, 0.3) is 0 Å². The van der Waals surface area contributed by atoms with Crippen molar-refractivity contribution in [3.63, 3.8) is 0 Å². The Bertz CT molecular complexity index is 435. The average molecular weight is 278 g/mol. The maximum absolute atomic E-state index is 9.42. The van der Waals surface area contributed by atoms with Crippen LogP contribution in [0.2, 0.25) is 0 Å². The van der Waals surface area contributed by atoms with Crippen LogP contribution in [0.3, 0.4) is 0 Å². The van der Waals surface area contributed by atoms with E-state index < -0.39 is 5.97 Å². The Hall–Kier alpha value is -1.36. The summed E-state index contributed by atoms with van der Waals surface area (Å²) in [4.78, 5) is 0. The smallest absolute Gasteiger partial charge is 0.327 e. The molecule has 0 unspecified atom stereocenters. The third-order valence-corrected chi connectivity index (χ3v) is 3.26. The van der Waals surface area contributed by atoms with Gasteiger partial charge in [0, 0.05) is 5.92 Å². The summed E-state index contributed by atoms with van der Waals surface area (Å²) in [7, 11) is 0. The van der Waals surface area contributed by atoms with Crippen molar-refractivity contribution in [2.75, 3.05) is 19.8 Å². The number of ether oxygens (including phenoxy) is 3. The zero-order chi connectivity index (χ0) is 14.4. The molecule has 0 saturated heterocycles. The van der Waals surface area contributed by atoms with Gasteiger partial charge in [-0.3, -0.25) is 0 Å². The second kappa shape index (κ2) is 6.88. The quantitative estimate of drug-likeness (QED) is 0.813. The van der Waals surface area contributed by atoms with Gasteiger partial charge < -0.3 is 19.3 Å². The molecule has 0 aromatic heterocycles. The molecule has 110 valence electrons. The van der Waals surface area contributed by atoms with Gasteiger partial charge in [-0.25, -0.2) is 0 Å². The zero-order valence-electron chi connectivity index (χ0n) is 12.0. The molecule has 1 aromatic carbocycles. The summed E-state index contributed by atoms with van der Waals surface area (Å²) in [5.41, 5.74) is 1.16. The third-order valence-electron chi connectivity index (χ3n) is 3.26. The molecule has 0 fully saturated rings. The van der Waals surface area contributed by atoms with Crippen LogP contribution < -0.4 is 0 Å². The Balaban J connectivity index is 2.29. The van der Waals surface area contributed by atoms with Gasteiger partial charge in [0.1, 0.15) is 12.4 Å². The van der Waals surface area contributed by atoms with Gasteiger partial charge in [-0.15, -0.1) is 0 Å². The van der Waals surface area contributed by atoms with Crippen molar-refractivity contribution in [1.82, 2.24) is 0 Å². The van der Waals surface area contributed by atoms with Crippen molar-refractivity contribution in [1.29, 1.82) is 0 Å². The van der Waals surface area contributed by atoms with Crippen LogP contribution in [0.5, 0.6) is 0 Å². The Morgan fingerprint density at radius 1 is 1.20 bits per heavy atom. The highest BCUT2D eigenvalue weighted by molar-refractivity contribution is 5.26. The van der Waals surface area contributed by atoms with E-state index >= 15 is 0 Å². The normalized spacial score (nSPS) is 21.1. The van der Waals surface area contributed by atoms with E-state index in [2.05, 4.69) is 12.1 Å². The highest BCUT2D eigenvalue weighted by atomic mass is 16.9. The SMILES string of the molecule is CCOC1(OCC)C[C@H](c2ccccc2)C=C(CO)O1. The first-order valence-electron chi connectivity index (χ1n) is 7.06. The summed E-state index contributed by atoms with van der Waals surface area (Å²) in [5.74, 6) is -0.506. The fourth-order valence-corrected chi connectivity index (χ4v) is 2.49. The second-order valence-electron chi connectivity index (χ2n) is 4.66. The third kappa shape index (κ3) is 3.39. The Labute approximate surface area is 120 Å². The number of hydrogen-bond acceptors (Lipinski definition) is 4. The molecule has 1 aliphatic rings. The van der Waals surface area contributed by atoms with Gasteiger partial charge in [0.15, 0.2) is 0 Å². The first kappa shape index (κ1) is 15.0. The molecule has 4 nitrogen and oxygen atoms in total. The highest BCUT2D eigenvalue weighted by Gasteiger charge is 2.41. The minimum Gasteiger partial charge on any atom is -0.441 e. The molecule has 1 N–H and O–H groups in total. The van der Waals surface area contributed by atoms with E-state index in [4.69, 9.17) is 14.2 Å². The summed E-state index contributed by atoms with van der Waals surface area (Å²) in [6.45, 7) is 4.61. The standard InChI is InChI=1S/C16H22O4/c1-3-18-16(19-4-2)11-14(10-15(12-17)20-16)13-8-6-5-7-9-13/h5-10,14,17H,3-4,11-12H2,1-2H3/t14-/m1/s1. The van der Waals surface area contributed by atoms with Crippen LogP contribution in [0, 0.1) is 0 Å². The van der Waals surface area contributed by atoms with E-state index in [0.29, 0.717) is 25.4 Å². The molecule has 0 aliphatic carbocycles. The molecule has 1 atom stereocenters. The van der Waals surface area contributed by atoms with E-state index in [1.807, 2.05) is 38.1 Å². The lowest BCUT2D eigenvalue weighted by molar-refractivity contribution is -0.373. The predicted octanol–water partition coefficient (Wildman–Crippen LogP) is 2.79. The molecule has 2 rings (SSSR count). The fraction of sp³-hybridized carbons (Fsp3) is 0.500. The molecular formula is C16H22O4. The molecule has 1 aliphatic heterocycles. The lowest BCUT2D eigenvalue weighted by Gasteiger charge is -2.39. The Morgan fingerprint density at radius 2 is 1.85 bits per heavy atom. The van der Waals surface area contributed by atoms with Crippen molar-refractivity contribution in [2.24, 2.45) is 0 Å². The second-order valence-corrected chi connectivity index (χ2v) is 4.66. The molecular weight excluding hydrogens is 256 g/mol. The number of allylic oxidation sites excluding steroid dienone is 1. The molecule has 0 saturated carbocycles. The molecule has 1 aromatic rings. The van der Waals surface area contributed by atoms with Gasteiger partial charge in [0.05, 0.1) is 19.6 Å². The van der Waals surface area contributed by atoms with Crippen LogP contribution in [0.1, 0.15) is 31.7 Å². The van der Waals surface area contributed by atoms with E-state index in [9.17, 15) is 5.11 Å². The molecule has 20 heavy (non-hydrogen) atoms. The van der Waals surface area contributed by atoms with E-state index in [-0.39, 0.29) is 12.5 Å². The zero-order valence-corrected chi connectivity index (χ0v) is 12.0. The van der Waals surface area contributed by atoms with Crippen molar-refractivity contribution in [3.05, 3.63) is 47.7 Å². The fourth-order valence-electron chi connectivity index (χ4n) is 2.49. The molecule has 0 radical (unpaired) electrons. The lowest BCUT2D eigenvalue weighted by atomic mass is 9.92. The molecule has 0 spiro atoms. The Morgan fingerprint density at radius 3 is 2.40 bits per heavy atom. The van der Waals surface area contributed by atoms with Gasteiger partial charge in [0.25, 0.3) is 0 Å². The first-order valence-corrected chi connectivity index (χ1v) is 7.06. The number of aliphatic hydroxyl groups excluding tert-OH is 1. The minimum absolute atomic E-state index is 0.102. The summed E-state index contributed by atoms with van der Waals surface area (Å²) in [6, 6.07) is 10.1. The van der Waals surface area contributed by atoms with Crippen LogP contribution in [-0.2, 0) is 14.2 Å². The lowest BCUT2D eigenvalue weighted by Crippen LogP contribution is -2.43. The summed E-state index contributed by atoms with van der Waals surface area (Å²) in [6.07, 6.45) is 2.51. The topological polar surface area (TPSA) is 47.9 Å². The minimum atomic E-state index is -1.10.